The van der Waals surface area contributed by atoms with Gasteiger partial charge in [-0.3, -0.25) is 4.79 Å². The van der Waals surface area contributed by atoms with E-state index in [2.05, 4.69) is 5.32 Å². The fraction of sp³-hybridized carbons (Fsp3) is 0.875. The van der Waals surface area contributed by atoms with Crippen molar-refractivity contribution in [2.75, 3.05) is 0 Å². The van der Waals surface area contributed by atoms with Gasteiger partial charge in [0.2, 0.25) is 5.91 Å². The second-order valence-corrected chi connectivity index (χ2v) is 3.44. The van der Waals surface area contributed by atoms with E-state index in [0.717, 1.165) is 0 Å². The van der Waals surface area contributed by atoms with Crippen LogP contribution in [0.2, 0.25) is 0 Å². The van der Waals surface area contributed by atoms with Gasteiger partial charge in [0.05, 0.1) is 12.1 Å². The largest absolute Gasteiger partial charge is 0.388 e. The molecule has 14 heavy (non-hydrogen) atoms. The summed E-state index contributed by atoms with van der Waals surface area (Å²) in [7, 11) is 0. The molecule has 4 N–H and O–H groups in total. The maximum Gasteiger partial charge on any atom is 0.217 e. The lowest BCUT2D eigenvalue weighted by atomic mass is 9.97. The third-order valence-corrected chi connectivity index (χ3v) is 2.24. The number of nitrogens with one attached hydrogen (secondary N) is 1. The Hall–Kier alpha value is -0.690. The predicted molar refractivity (Wildman–Crippen MR) is 46.2 cm³/mol. The second-order valence-electron chi connectivity index (χ2n) is 3.44. The van der Waals surface area contributed by atoms with Gasteiger partial charge in [-0.25, -0.2) is 0 Å². The van der Waals surface area contributed by atoms with Crippen LogP contribution in [0, 0.1) is 0 Å². The summed E-state index contributed by atoms with van der Waals surface area (Å²) >= 11 is 0. The van der Waals surface area contributed by atoms with E-state index in [0.29, 0.717) is 0 Å². The molecule has 0 unspecified atom stereocenters. The van der Waals surface area contributed by atoms with Crippen molar-refractivity contribution in [3.63, 3.8) is 0 Å². The van der Waals surface area contributed by atoms with E-state index < -0.39 is 30.6 Å². The normalized spacial score (nSPS) is 43.4. The van der Waals surface area contributed by atoms with Crippen molar-refractivity contribution in [2.24, 2.45) is 0 Å². The zero-order valence-electron chi connectivity index (χ0n) is 8.04. The molecule has 0 spiro atoms. The molecule has 1 fully saturated rings. The molecule has 1 saturated heterocycles. The quantitative estimate of drug-likeness (QED) is 0.395. The average molecular weight is 205 g/mol. The second kappa shape index (κ2) is 4.22. The van der Waals surface area contributed by atoms with Gasteiger partial charge in [-0.1, -0.05) is 0 Å². The number of aliphatic hydroxyl groups excluding tert-OH is 3. The monoisotopic (exact) mass is 205 g/mol. The number of carbonyl (C=O) groups is 1. The summed E-state index contributed by atoms with van der Waals surface area (Å²) in [4.78, 5) is 10.8. The Morgan fingerprint density at radius 3 is 2.36 bits per heavy atom. The summed E-state index contributed by atoms with van der Waals surface area (Å²) in [6.45, 7) is 2.90. The highest BCUT2D eigenvalue weighted by Crippen LogP contribution is 2.19. The van der Waals surface area contributed by atoms with E-state index in [1.807, 2.05) is 0 Å². The van der Waals surface area contributed by atoms with Crippen LogP contribution in [-0.4, -0.2) is 51.9 Å². The van der Waals surface area contributed by atoms with Gasteiger partial charge < -0.3 is 25.4 Å². The van der Waals surface area contributed by atoms with Crippen molar-refractivity contribution < 1.29 is 24.9 Å². The first-order valence-electron chi connectivity index (χ1n) is 4.40. The van der Waals surface area contributed by atoms with Gasteiger partial charge in [0.1, 0.15) is 12.2 Å². The summed E-state index contributed by atoms with van der Waals surface area (Å²) in [5.41, 5.74) is 0. The Morgan fingerprint density at radius 1 is 1.29 bits per heavy atom. The molecule has 5 atom stereocenters. The van der Waals surface area contributed by atoms with Crippen LogP contribution in [0.5, 0.6) is 0 Å². The molecule has 1 rings (SSSR count). The minimum atomic E-state index is -1.41. The van der Waals surface area contributed by atoms with Crippen molar-refractivity contribution in [3.8, 4) is 0 Å². The molecule has 0 aliphatic carbocycles. The fourth-order valence-electron chi connectivity index (χ4n) is 1.48. The lowest BCUT2D eigenvalue weighted by molar-refractivity contribution is -0.253. The Morgan fingerprint density at radius 2 is 1.86 bits per heavy atom. The summed E-state index contributed by atoms with van der Waals surface area (Å²) in [6, 6.07) is -0.703. The summed E-state index contributed by atoms with van der Waals surface area (Å²) < 4.78 is 4.91. The molecule has 0 saturated carbocycles. The maximum absolute atomic E-state index is 10.8. The molecule has 1 heterocycles. The molecule has 0 aromatic heterocycles. The van der Waals surface area contributed by atoms with Crippen molar-refractivity contribution in [2.45, 2.75) is 44.5 Å². The number of hydrogen-bond acceptors (Lipinski definition) is 5. The Bertz CT molecular complexity index is 222. The Labute approximate surface area is 81.5 Å². The first-order chi connectivity index (χ1) is 6.43. The van der Waals surface area contributed by atoms with Crippen molar-refractivity contribution in [3.05, 3.63) is 0 Å². The lowest BCUT2D eigenvalue weighted by Gasteiger charge is -2.39. The number of ether oxygens (including phenoxy) is 1. The molecule has 1 aliphatic rings. The van der Waals surface area contributed by atoms with Gasteiger partial charge in [-0.05, 0) is 6.92 Å². The molecular formula is C8H15NO5. The molecule has 6 nitrogen and oxygen atoms in total. The summed E-state index contributed by atoms with van der Waals surface area (Å²) in [6.07, 6.45) is -4.59. The first kappa shape index (κ1) is 11.4. The highest BCUT2D eigenvalue weighted by Gasteiger charge is 2.42. The molecule has 0 bridgehead atoms. The third-order valence-electron chi connectivity index (χ3n) is 2.24. The van der Waals surface area contributed by atoms with E-state index in [4.69, 9.17) is 9.84 Å². The van der Waals surface area contributed by atoms with E-state index >= 15 is 0 Å². The molecule has 0 aromatic carbocycles. The standard InChI is InChI=1S/C8H15NO5/c1-3-5(9-4(2)10)6(11)7(12)8(13)14-3/h3,5-8,11-13H,1-2H3,(H,9,10)/t3-,5-,6+,7-,8-/m1/s1. The van der Waals surface area contributed by atoms with E-state index in [1.165, 1.54) is 6.92 Å². The Balaban J connectivity index is 2.68. The van der Waals surface area contributed by atoms with Crippen LogP contribution in [0.4, 0.5) is 0 Å². The summed E-state index contributed by atoms with van der Waals surface area (Å²) in [5.74, 6) is -0.326. The molecular weight excluding hydrogens is 190 g/mol. The summed E-state index contributed by atoms with van der Waals surface area (Å²) in [5, 5.41) is 30.4. The SMILES string of the molecule is CC(=O)N[C@H]1[C@H](O)[C@@H](O)[C@H](O)O[C@@H]1C. The maximum atomic E-state index is 10.8. The first-order valence-corrected chi connectivity index (χ1v) is 4.40. The fourth-order valence-corrected chi connectivity index (χ4v) is 1.48. The predicted octanol–water partition coefficient (Wildman–Crippen LogP) is -2.05. The molecule has 1 amide bonds. The number of aliphatic hydroxyl groups is 3. The van der Waals surface area contributed by atoms with E-state index in [-0.39, 0.29) is 5.91 Å². The van der Waals surface area contributed by atoms with Crippen molar-refractivity contribution in [1.29, 1.82) is 0 Å². The number of carbonyl (C=O) groups excluding carboxylic acids is 1. The van der Waals surface area contributed by atoms with Gasteiger partial charge in [0.25, 0.3) is 0 Å². The number of hydrogen-bond donors (Lipinski definition) is 4. The minimum Gasteiger partial charge on any atom is -0.388 e. The van der Waals surface area contributed by atoms with Crippen molar-refractivity contribution >= 4 is 5.91 Å². The van der Waals surface area contributed by atoms with Crippen LogP contribution in [0.25, 0.3) is 0 Å². The molecule has 1 aliphatic heterocycles. The topological polar surface area (TPSA) is 99.0 Å². The zero-order chi connectivity index (χ0) is 10.9. The van der Waals surface area contributed by atoms with Crippen LogP contribution in [0.3, 0.4) is 0 Å². The number of amides is 1. The van der Waals surface area contributed by atoms with E-state index in [9.17, 15) is 15.0 Å². The van der Waals surface area contributed by atoms with Crippen LogP contribution in [0.1, 0.15) is 13.8 Å². The van der Waals surface area contributed by atoms with Crippen molar-refractivity contribution in [1.82, 2.24) is 5.32 Å². The molecule has 0 aromatic rings. The van der Waals surface area contributed by atoms with E-state index in [1.54, 1.807) is 6.92 Å². The zero-order valence-corrected chi connectivity index (χ0v) is 8.04. The molecule has 0 radical (unpaired) electrons. The van der Waals surface area contributed by atoms with Crippen LogP contribution in [0.15, 0.2) is 0 Å². The van der Waals surface area contributed by atoms with Gasteiger partial charge in [0, 0.05) is 6.92 Å². The van der Waals surface area contributed by atoms with Gasteiger partial charge in [-0.2, -0.15) is 0 Å². The van der Waals surface area contributed by atoms with Crippen LogP contribution >= 0.6 is 0 Å². The molecule has 82 valence electrons. The van der Waals surface area contributed by atoms with Gasteiger partial charge in [0.15, 0.2) is 6.29 Å². The van der Waals surface area contributed by atoms with Crippen LogP contribution < -0.4 is 5.32 Å². The lowest BCUT2D eigenvalue weighted by Crippen LogP contribution is -2.62. The van der Waals surface area contributed by atoms with Crippen LogP contribution in [-0.2, 0) is 9.53 Å². The average Bonchev–Trinajstić information content (AvgIpc) is 2.09. The number of rotatable bonds is 1. The van der Waals surface area contributed by atoms with Gasteiger partial charge in [-0.15, -0.1) is 0 Å². The third kappa shape index (κ3) is 2.21. The minimum absolute atomic E-state index is 0.326. The smallest absolute Gasteiger partial charge is 0.217 e. The Kier molecular flexibility index (Phi) is 3.43. The molecule has 6 heteroatoms. The highest BCUT2D eigenvalue weighted by atomic mass is 16.6. The van der Waals surface area contributed by atoms with Gasteiger partial charge >= 0.3 is 0 Å². The highest BCUT2D eigenvalue weighted by molar-refractivity contribution is 5.73.